The predicted octanol–water partition coefficient (Wildman–Crippen LogP) is 5.36. The molecule has 2 amide bonds. The van der Waals surface area contributed by atoms with Gasteiger partial charge < -0.3 is 15.5 Å². The second-order valence-electron chi connectivity index (χ2n) is 11.5. The van der Waals surface area contributed by atoms with Crippen LogP contribution in [0, 0.1) is 11.3 Å². The van der Waals surface area contributed by atoms with E-state index in [2.05, 4.69) is 72.9 Å². The zero-order valence-electron chi connectivity index (χ0n) is 22.2. The van der Waals surface area contributed by atoms with Gasteiger partial charge in [0, 0.05) is 50.2 Å². The summed E-state index contributed by atoms with van der Waals surface area (Å²) in [4.78, 5) is 30.4. The Kier molecular flexibility index (Phi) is 8.63. The number of amides is 2. The van der Waals surface area contributed by atoms with E-state index in [0.717, 1.165) is 43.2 Å². The standard InChI is InChI=1S/C30H39ClN4O2/c1-30(2,3)27-20-34(28(23-7-5-4-6-8-23)24-9-11-25(31)12-10-24)17-18-35(27)26(21-36)19-22-13-15-33(16-14-22)29(32)37/h4-12,22,27-28H,13-20H2,1-3H3,(H2,32,37). The Morgan fingerprint density at radius 2 is 1.62 bits per heavy atom. The molecule has 2 saturated heterocycles. The first kappa shape index (κ1) is 27.3. The molecular weight excluding hydrogens is 484 g/mol. The van der Waals surface area contributed by atoms with Crippen LogP contribution >= 0.6 is 11.6 Å². The molecule has 2 aliphatic rings. The molecule has 4 rings (SSSR count). The zero-order chi connectivity index (χ0) is 26.6. The molecule has 0 radical (unpaired) electrons. The molecule has 2 heterocycles. The number of nitrogens with two attached hydrogens (primary N) is 1. The van der Waals surface area contributed by atoms with Crippen LogP contribution in [-0.4, -0.2) is 65.4 Å². The maximum absolute atomic E-state index is 12.3. The highest BCUT2D eigenvalue weighted by Gasteiger charge is 2.40. The molecule has 6 nitrogen and oxygen atoms in total. The number of hydrogen-bond donors (Lipinski definition) is 1. The van der Waals surface area contributed by atoms with Gasteiger partial charge in [-0.3, -0.25) is 4.90 Å². The van der Waals surface area contributed by atoms with Crippen molar-refractivity contribution in [1.82, 2.24) is 14.7 Å². The van der Waals surface area contributed by atoms with E-state index in [1.54, 1.807) is 4.90 Å². The summed E-state index contributed by atoms with van der Waals surface area (Å²) >= 11 is 6.22. The molecule has 0 spiro atoms. The average molecular weight is 523 g/mol. The number of likely N-dealkylation sites (tertiary alicyclic amines) is 1. The Bertz CT molecular complexity index is 1100. The van der Waals surface area contributed by atoms with Crippen LogP contribution in [0.15, 0.2) is 60.3 Å². The number of primary amides is 1. The van der Waals surface area contributed by atoms with Crippen molar-refractivity contribution in [2.24, 2.45) is 17.1 Å². The number of allylic oxidation sites excluding steroid dienone is 1. The van der Waals surface area contributed by atoms with Crippen molar-refractivity contribution in [3.8, 4) is 0 Å². The fourth-order valence-electron chi connectivity index (χ4n) is 5.85. The summed E-state index contributed by atoms with van der Waals surface area (Å²) < 4.78 is 0. The number of nitrogens with zero attached hydrogens (tertiary/aromatic N) is 3. The molecule has 2 unspecified atom stereocenters. The van der Waals surface area contributed by atoms with Gasteiger partial charge in [-0.2, -0.15) is 0 Å². The van der Waals surface area contributed by atoms with Crippen LogP contribution in [0.3, 0.4) is 0 Å². The molecule has 0 aliphatic carbocycles. The third kappa shape index (κ3) is 6.56. The normalized spacial score (nSPS) is 20.4. The van der Waals surface area contributed by atoms with Crippen molar-refractivity contribution in [1.29, 1.82) is 0 Å². The topological polar surface area (TPSA) is 69.9 Å². The number of piperidine rings is 1. The Morgan fingerprint density at radius 1 is 1.00 bits per heavy atom. The zero-order valence-corrected chi connectivity index (χ0v) is 23.0. The number of halogens is 1. The highest BCUT2D eigenvalue weighted by atomic mass is 35.5. The summed E-state index contributed by atoms with van der Waals surface area (Å²) in [7, 11) is 0. The van der Waals surface area contributed by atoms with E-state index in [4.69, 9.17) is 17.3 Å². The van der Waals surface area contributed by atoms with Crippen molar-refractivity contribution >= 4 is 23.6 Å². The SMILES string of the molecule is CC(C)(C)C1CN(C(c2ccccc2)c2ccc(Cl)cc2)CCN1C(=C=O)CC1CCN(C(N)=O)CC1. The smallest absolute Gasteiger partial charge is 0.314 e. The van der Waals surface area contributed by atoms with Gasteiger partial charge in [0.05, 0.1) is 11.7 Å². The first-order valence-corrected chi connectivity index (χ1v) is 13.6. The number of piperazine rings is 1. The van der Waals surface area contributed by atoms with E-state index in [1.807, 2.05) is 18.2 Å². The van der Waals surface area contributed by atoms with E-state index < -0.39 is 0 Å². The lowest BCUT2D eigenvalue weighted by molar-refractivity contribution is 0.0219. The molecule has 198 valence electrons. The van der Waals surface area contributed by atoms with Gasteiger partial charge in [-0.25, -0.2) is 9.59 Å². The van der Waals surface area contributed by atoms with Gasteiger partial charge in [0.1, 0.15) is 5.94 Å². The molecule has 2 fully saturated rings. The molecule has 37 heavy (non-hydrogen) atoms. The third-order valence-corrected chi connectivity index (χ3v) is 8.20. The molecule has 2 aliphatic heterocycles. The Balaban J connectivity index is 1.56. The van der Waals surface area contributed by atoms with Crippen molar-refractivity contribution in [2.75, 3.05) is 32.7 Å². The summed E-state index contributed by atoms with van der Waals surface area (Å²) in [5, 5.41) is 0.732. The van der Waals surface area contributed by atoms with E-state index >= 15 is 0 Å². The van der Waals surface area contributed by atoms with Crippen LogP contribution in [-0.2, 0) is 4.79 Å². The summed E-state index contributed by atoms with van der Waals surface area (Å²) in [6, 6.07) is 18.7. The van der Waals surface area contributed by atoms with Gasteiger partial charge in [0.2, 0.25) is 0 Å². The predicted molar refractivity (Wildman–Crippen MR) is 149 cm³/mol. The van der Waals surface area contributed by atoms with Crippen molar-refractivity contribution < 1.29 is 9.59 Å². The van der Waals surface area contributed by atoms with Gasteiger partial charge >= 0.3 is 6.03 Å². The number of carbonyl (C=O) groups is 1. The van der Waals surface area contributed by atoms with Crippen molar-refractivity contribution in [2.45, 2.75) is 52.1 Å². The summed E-state index contributed by atoms with van der Waals surface area (Å²) in [5.74, 6) is 2.68. The maximum Gasteiger partial charge on any atom is 0.314 e. The fraction of sp³-hybridized carbons (Fsp3) is 0.500. The second kappa shape index (κ2) is 11.7. The summed E-state index contributed by atoms with van der Waals surface area (Å²) in [6.45, 7) is 10.5. The molecule has 0 bridgehead atoms. The van der Waals surface area contributed by atoms with Crippen molar-refractivity contribution in [3.05, 3.63) is 76.4 Å². The largest absolute Gasteiger partial charge is 0.360 e. The monoisotopic (exact) mass is 522 g/mol. The molecular formula is C30H39ClN4O2. The summed E-state index contributed by atoms with van der Waals surface area (Å²) in [5.41, 5.74) is 8.63. The highest BCUT2D eigenvalue weighted by Crippen LogP contribution is 2.37. The first-order chi connectivity index (χ1) is 17.7. The average Bonchev–Trinajstić information content (AvgIpc) is 2.89. The molecule has 7 heteroatoms. The third-order valence-electron chi connectivity index (χ3n) is 7.95. The van der Waals surface area contributed by atoms with Crippen LogP contribution < -0.4 is 5.73 Å². The van der Waals surface area contributed by atoms with Gasteiger partial charge in [-0.1, -0.05) is 74.8 Å². The Morgan fingerprint density at radius 3 is 2.19 bits per heavy atom. The van der Waals surface area contributed by atoms with Gasteiger partial charge in [0.25, 0.3) is 0 Å². The van der Waals surface area contributed by atoms with Crippen LogP contribution in [0.1, 0.15) is 57.2 Å². The number of urea groups is 1. The molecule has 0 saturated carbocycles. The minimum absolute atomic E-state index is 0.0443. The lowest BCUT2D eigenvalue weighted by Crippen LogP contribution is -2.58. The lowest BCUT2D eigenvalue weighted by Gasteiger charge is -2.50. The van der Waals surface area contributed by atoms with Crippen LogP contribution in [0.25, 0.3) is 0 Å². The fourth-order valence-corrected chi connectivity index (χ4v) is 5.97. The van der Waals surface area contributed by atoms with E-state index in [1.165, 1.54) is 11.1 Å². The number of rotatable bonds is 6. The van der Waals surface area contributed by atoms with Crippen molar-refractivity contribution in [3.63, 3.8) is 0 Å². The minimum Gasteiger partial charge on any atom is -0.360 e. The lowest BCUT2D eigenvalue weighted by atomic mass is 9.82. The molecule has 2 aromatic rings. The van der Waals surface area contributed by atoms with E-state index in [9.17, 15) is 9.59 Å². The molecule has 2 atom stereocenters. The molecule has 0 aromatic heterocycles. The number of carbonyl (C=O) groups excluding carboxylic acids is 2. The Hall–Kier alpha value is -2.79. The Labute approximate surface area is 226 Å². The first-order valence-electron chi connectivity index (χ1n) is 13.3. The molecule has 2 N–H and O–H groups in total. The van der Waals surface area contributed by atoms with Crippen LogP contribution in [0.4, 0.5) is 4.79 Å². The quantitative estimate of drug-likeness (QED) is 0.519. The van der Waals surface area contributed by atoms with Crippen LogP contribution in [0.5, 0.6) is 0 Å². The van der Waals surface area contributed by atoms with Crippen LogP contribution in [0.2, 0.25) is 5.02 Å². The van der Waals surface area contributed by atoms with E-state index in [-0.39, 0.29) is 23.5 Å². The number of benzene rings is 2. The maximum atomic E-state index is 12.3. The number of hydrogen-bond acceptors (Lipinski definition) is 4. The molecule has 2 aromatic carbocycles. The van der Waals surface area contributed by atoms with Gasteiger partial charge in [-0.05, 0) is 47.4 Å². The highest BCUT2D eigenvalue weighted by molar-refractivity contribution is 6.30. The second-order valence-corrected chi connectivity index (χ2v) is 11.9. The van der Waals surface area contributed by atoms with Gasteiger partial charge in [-0.15, -0.1) is 0 Å². The summed E-state index contributed by atoms with van der Waals surface area (Å²) in [6.07, 6.45) is 2.42. The van der Waals surface area contributed by atoms with E-state index in [0.29, 0.717) is 25.4 Å². The van der Waals surface area contributed by atoms with Gasteiger partial charge in [0.15, 0.2) is 0 Å². The minimum atomic E-state index is -0.359.